The summed E-state index contributed by atoms with van der Waals surface area (Å²) >= 11 is 0. The Morgan fingerprint density at radius 3 is 2.43 bits per heavy atom. The van der Waals surface area contributed by atoms with Crippen LogP contribution in [0.15, 0.2) is 53.4 Å². The number of methoxy groups -OCH3 is 1. The zero-order valence-electron chi connectivity index (χ0n) is 17.4. The highest BCUT2D eigenvalue weighted by atomic mass is 32.2. The number of ether oxygens (including phenoxy) is 1. The van der Waals surface area contributed by atoms with Crippen LogP contribution in [0.2, 0.25) is 0 Å². The van der Waals surface area contributed by atoms with E-state index in [0.717, 1.165) is 24.0 Å². The molecule has 7 heteroatoms. The molecule has 2 fully saturated rings. The van der Waals surface area contributed by atoms with Gasteiger partial charge in [0.25, 0.3) is 0 Å². The van der Waals surface area contributed by atoms with Gasteiger partial charge in [0, 0.05) is 25.6 Å². The fraction of sp³-hybridized carbons (Fsp3) is 0.435. The minimum Gasteiger partial charge on any atom is -0.497 e. The molecular weight excluding hydrogens is 400 g/mol. The van der Waals surface area contributed by atoms with Gasteiger partial charge in [0.05, 0.1) is 17.9 Å². The van der Waals surface area contributed by atoms with Crippen LogP contribution in [0.5, 0.6) is 5.75 Å². The van der Waals surface area contributed by atoms with Gasteiger partial charge in [0.1, 0.15) is 5.75 Å². The minimum atomic E-state index is -3.71. The van der Waals surface area contributed by atoms with Crippen LogP contribution in [-0.2, 0) is 14.8 Å². The van der Waals surface area contributed by atoms with Crippen molar-refractivity contribution >= 4 is 15.9 Å². The molecule has 1 saturated heterocycles. The van der Waals surface area contributed by atoms with Crippen molar-refractivity contribution in [1.29, 1.82) is 0 Å². The van der Waals surface area contributed by atoms with E-state index in [2.05, 4.69) is 5.32 Å². The van der Waals surface area contributed by atoms with Crippen LogP contribution < -0.4 is 10.1 Å². The van der Waals surface area contributed by atoms with Gasteiger partial charge in [-0.05, 0) is 61.1 Å². The van der Waals surface area contributed by atoms with E-state index in [1.807, 2.05) is 31.2 Å². The number of sulfonamides is 1. The van der Waals surface area contributed by atoms with Gasteiger partial charge in [-0.25, -0.2) is 8.42 Å². The van der Waals surface area contributed by atoms with Crippen LogP contribution >= 0.6 is 0 Å². The average molecular weight is 429 g/mol. The Kier molecular flexibility index (Phi) is 5.84. The molecule has 2 aromatic rings. The Morgan fingerprint density at radius 2 is 1.80 bits per heavy atom. The van der Waals surface area contributed by atoms with Crippen molar-refractivity contribution in [2.24, 2.45) is 11.8 Å². The second kappa shape index (κ2) is 8.40. The van der Waals surface area contributed by atoms with Gasteiger partial charge in [0.15, 0.2) is 0 Å². The smallest absolute Gasteiger partial charge is 0.243 e. The highest BCUT2D eigenvalue weighted by Crippen LogP contribution is 2.37. The van der Waals surface area contributed by atoms with Gasteiger partial charge in [-0.2, -0.15) is 4.31 Å². The van der Waals surface area contributed by atoms with Gasteiger partial charge in [-0.1, -0.05) is 24.3 Å². The van der Waals surface area contributed by atoms with E-state index in [9.17, 15) is 13.2 Å². The van der Waals surface area contributed by atoms with E-state index in [4.69, 9.17) is 4.74 Å². The van der Waals surface area contributed by atoms with Crippen molar-refractivity contribution < 1.29 is 17.9 Å². The van der Waals surface area contributed by atoms with Crippen molar-refractivity contribution in [2.45, 2.75) is 30.6 Å². The summed E-state index contributed by atoms with van der Waals surface area (Å²) in [4.78, 5) is 13.2. The molecule has 1 heterocycles. The molecule has 2 aromatic carbocycles. The number of hydrogen-bond donors (Lipinski definition) is 1. The highest BCUT2D eigenvalue weighted by molar-refractivity contribution is 7.89. The number of aryl methyl sites for hydroxylation is 1. The lowest BCUT2D eigenvalue weighted by atomic mass is 9.86. The number of nitrogens with one attached hydrogen (secondary N) is 1. The SMILES string of the molecule is COc1ccc(S(=O)(=O)N2CC(C(=O)NCC3CC3)C(c3ccccc3C)C2)cc1. The molecular formula is C23H28N2O4S. The lowest BCUT2D eigenvalue weighted by Gasteiger charge is -2.20. The summed E-state index contributed by atoms with van der Waals surface area (Å²) in [6, 6.07) is 14.3. The summed E-state index contributed by atoms with van der Waals surface area (Å²) in [6.45, 7) is 3.17. The first-order valence-electron chi connectivity index (χ1n) is 10.4. The molecule has 1 aliphatic heterocycles. The molecule has 6 nitrogen and oxygen atoms in total. The number of benzene rings is 2. The Morgan fingerprint density at radius 1 is 1.10 bits per heavy atom. The van der Waals surface area contributed by atoms with Crippen molar-refractivity contribution in [1.82, 2.24) is 9.62 Å². The second-order valence-corrected chi connectivity index (χ2v) is 10.2. The normalized spacial score (nSPS) is 22.1. The maximum atomic E-state index is 13.3. The Bertz CT molecular complexity index is 1020. The van der Waals surface area contributed by atoms with Crippen molar-refractivity contribution in [3.05, 3.63) is 59.7 Å². The third-order valence-electron chi connectivity index (χ3n) is 6.17. The average Bonchev–Trinajstić information content (AvgIpc) is 3.48. The van der Waals surface area contributed by atoms with Crippen LogP contribution in [-0.4, -0.2) is 45.4 Å². The second-order valence-electron chi connectivity index (χ2n) is 8.26. The van der Waals surface area contributed by atoms with Crippen molar-refractivity contribution in [2.75, 3.05) is 26.7 Å². The Labute approximate surface area is 178 Å². The fourth-order valence-electron chi connectivity index (χ4n) is 4.14. The van der Waals surface area contributed by atoms with Crippen LogP contribution in [0.4, 0.5) is 0 Å². The zero-order chi connectivity index (χ0) is 21.3. The van der Waals surface area contributed by atoms with E-state index in [1.165, 1.54) is 4.31 Å². The number of carbonyl (C=O) groups excluding carboxylic acids is 1. The molecule has 2 unspecified atom stereocenters. The summed E-state index contributed by atoms with van der Waals surface area (Å²) in [6.07, 6.45) is 2.31. The Balaban J connectivity index is 1.61. The molecule has 0 radical (unpaired) electrons. The first-order valence-corrected chi connectivity index (χ1v) is 11.8. The van der Waals surface area contributed by atoms with E-state index in [-0.39, 0.29) is 23.3 Å². The quantitative estimate of drug-likeness (QED) is 0.736. The molecule has 30 heavy (non-hydrogen) atoms. The summed E-state index contributed by atoms with van der Waals surface area (Å²) in [7, 11) is -2.16. The Hall–Kier alpha value is -2.38. The van der Waals surface area contributed by atoms with Gasteiger partial charge >= 0.3 is 0 Å². The van der Waals surface area contributed by atoms with Gasteiger partial charge in [-0.15, -0.1) is 0 Å². The summed E-state index contributed by atoms with van der Waals surface area (Å²) < 4.78 is 33.2. The summed E-state index contributed by atoms with van der Waals surface area (Å²) in [5.41, 5.74) is 2.11. The van der Waals surface area contributed by atoms with Gasteiger partial charge in [0.2, 0.25) is 15.9 Å². The summed E-state index contributed by atoms with van der Waals surface area (Å²) in [5, 5.41) is 3.06. The third kappa shape index (κ3) is 4.23. The molecule has 1 aliphatic carbocycles. The molecule has 160 valence electrons. The number of rotatable bonds is 7. The van der Waals surface area contributed by atoms with Gasteiger partial charge in [-0.3, -0.25) is 4.79 Å². The van der Waals surface area contributed by atoms with Crippen LogP contribution in [0.25, 0.3) is 0 Å². The molecule has 1 saturated carbocycles. The van der Waals surface area contributed by atoms with E-state index >= 15 is 0 Å². The molecule has 1 N–H and O–H groups in total. The molecule has 2 aliphatic rings. The van der Waals surface area contributed by atoms with Crippen molar-refractivity contribution in [3.63, 3.8) is 0 Å². The van der Waals surface area contributed by atoms with Crippen LogP contribution in [0.3, 0.4) is 0 Å². The number of nitrogens with zero attached hydrogens (tertiary/aromatic N) is 1. The van der Waals surface area contributed by atoms with Crippen molar-refractivity contribution in [3.8, 4) is 5.75 Å². The molecule has 0 bridgehead atoms. The maximum absolute atomic E-state index is 13.3. The first kappa shape index (κ1) is 20.9. The van der Waals surface area contributed by atoms with Gasteiger partial charge < -0.3 is 10.1 Å². The molecule has 1 amide bonds. The van der Waals surface area contributed by atoms with Crippen LogP contribution in [0.1, 0.15) is 29.9 Å². The third-order valence-corrected chi connectivity index (χ3v) is 8.02. The largest absolute Gasteiger partial charge is 0.497 e. The van der Waals surface area contributed by atoms with E-state index in [1.54, 1.807) is 31.4 Å². The number of carbonyl (C=O) groups is 1. The zero-order valence-corrected chi connectivity index (χ0v) is 18.2. The highest BCUT2D eigenvalue weighted by Gasteiger charge is 2.44. The summed E-state index contributed by atoms with van der Waals surface area (Å²) in [5.74, 6) is 0.552. The number of amides is 1. The predicted octanol–water partition coefficient (Wildman–Crippen LogP) is 2.93. The predicted molar refractivity (Wildman–Crippen MR) is 115 cm³/mol. The fourth-order valence-corrected chi connectivity index (χ4v) is 5.63. The molecule has 2 atom stereocenters. The first-order chi connectivity index (χ1) is 14.4. The molecule has 0 aromatic heterocycles. The topological polar surface area (TPSA) is 75.7 Å². The monoisotopic (exact) mass is 428 g/mol. The maximum Gasteiger partial charge on any atom is 0.243 e. The number of hydrogen-bond acceptors (Lipinski definition) is 4. The van der Waals surface area contributed by atoms with Crippen LogP contribution in [0, 0.1) is 18.8 Å². The van der Waals surface area contributed by atoms with E-state index in [0.29, 0.717) is 24.8 Å². The standard InChI is InChI=1S/C23H28N2O4S/c1-16-5-3-4-6-20(16)21-14-25(15-22(21)23(26)24-13-17-7-8-17)30(27,28)19-11-9-18(29-2)10-12-19/h3-6,9-12,17,21-22H,7-8,13-15H2,1-2H3,(H,24,26). The van der Waals surface area contributed by atoms with E-state index < -0.39 is 15.9 Å². The molecule has 0 spiro atoms. The lowest BCUT2D eigenvalue weighted by molar-refractivity contribution is -0.124. The lowest BCUT2D eigenvalue weighted by Crippen LogP contribution is -2.36. The molecule has 4 rings (SSSR count). The minimum absolute atomic E-state index is 0.0532.